The summed E-state index contributed by atoms with van der Waals surface area (Å²) in [5.74, 6) is 0.724. The molecule has 0 aliphatic carbocycles. The van der Waals surface area contributed by atoms with Crippen molar-refractivity contribution < 1.29 is 8.42 Å². The number of hydrogen-bond acceptors (Lipinski definition) is 3. The summed E-state index contributed by atoms with van der Waals surface area (Å²) in [6, 6.07) is 2.22. The average molecular weight is 245 g/mol. The zero-order chi connectivity index (χ0) is 12.8. The maximum Gasteiger partial charge on any atom is 0.150 e. The Balaban J connectivity index is 3.88. The van der Waals surface area contributed by atoms with Crippen LogP contribution < -0.4 is 0 Å². The van der Waals surface area contributed by atoms with Crippen LogP contribution in [0, 0.1) is 22.7 Å². The van der Waals surface area contributed by atoms with E-state index in [4.69, 9.17) is 5.26 Å². The Labute approximate surface area is 99.8 Å². The molecule has 0 unspecified atom stereocenters. The van der Waals surface area contributed by atoms with Gasteiger partial charge in [-0.15, -0.1) is 0 Å². The Kier molecular flexibility index (Phi) is 6.02. The van der Waals surface area contributed by atoms with Gasteiger partial charge in [0.25, 0.3) is 0 Å². The number of nitrogens with zero attached hydrogens (tertiary/aromatic N) is 1. The fraction of sp³-hybridized carbons (Fsp3) is 0.917. The average Bonchev–Trinajstić information content (AvgIpc) is 2.11. The Hall–Kier alpha value is -0.560. The van der Waals surface area contributed by atoms with E-state index in [1.54, 1.807) is 0 Å². The van der Waals surface area contributed by atoms with E-state index >= 15 is 0 Å². The molecule has 0 heterocycles. The second-order valence-electron chi connectivity index (χ2n) is 5.46. The van der Waals surface area contributed by atoms with E-state index < -0.39 is 9.84 Å². The molecule has 0 N–H and O–H groups in total. The lowest BCUT2D eigenvalue weighted by molar-refractivity contribution is 0.431. The fourth-order valence-electron chi connectivity index (χ4n) is 1.54. The first-order chi connectivity index (χ1) is 7.18. The van der Waals surface area contributed by atoms with Crippen molar-refractivity contribution in [1.29, 1.82) is 5.26 Å². The molecule has 0 saturated heterocycles. The molecule has 0 saturated carbocycles. The standard InChI is InChI=1S/C12H23NO2S/c1-11(2)9-16(14,15)8-6-5-7-12(3,4)10-13/h11H,5-9H2,1-4H3. The van der Waals surface area contributed by atoms with Gasteiger partial charge < -0.3 is 0 Å². The van der Waals surface area contributed by atoms with Crippen molar-refractivity contribution in [3.05, 3.63) is 0 Å². The summed E-state index contributed by atoms with van der Waals surface area (Å²) in [5.41, 5.74) is -0.332. The molecule has 16 heavy (non-hydrogen) atoms. The van der Waals surface area contributed by atoms with Crippen molar-refractivity contribution in [3.63, 3.8) is 0 Å². The van der Waals surface area contributed by atoms with Crippen LogP contribution in [0.3, 0.4) is 0 Å². The predicted octanol–water partition coefficient (Wildman–Crippen LogP) is 2.78. The molecule has 0 bridgehead atoms. The lowest BCUT2D eigenvalue weighted by Crippen LogP contribution is -2.16. The topological polar surface area (TPSA) is 57.9 Å². The number of rotatable bonds is 7. The molecule has 0 aromatic rings. The Morgan fingerprint density at radius 1 is 1.25 bits per heavy atom. The van der Waals surface area contributed by atoms with Crippen molar-refractivity contribution in [1.82, 2.24) is 0 Å². The lowest BCUT2D eigenvalue weighted by Gasteiger charge is -2.14. The summed E-state index contributed by atoms with van der Waals surface area (Å²) in [7, 11) is -2.89. The highest BCUT2D eigenvalue weighted by Gasteiger charge is 2.17. The van der Waals surface area contributed by atoms with E-state index in [0.717, 1.165) is 12.8 Å². The molecule has 0 fully saturated rings. The first kappa shape index (κ1) is 15.4. The third-order valence-electron chi connectivity index (χ3n) is 2.40. The summed E-state index contributed by atoms with van der Waals surface area (Å²) in [4.78, 5) is 0. The Morgan fingerprint density at radius 3 is 2.25 bits per heavy atom. The summed E-state index contributed by atoms with van der Waals surface area (Å²) < 4.78 is 23.1. The highest BCUT2D eigenvalue weighted by Crippen LogP contribution is 2.21. The number of unbranched alkanes of at least 4 members (excludes halogenated alkanes) is 1. The van der Waals surface area contributed by atoms with Crippen molar-refractivity contribution in [3.8, 4) is 6.07 Å². The second-order valence-corrected chi connectivity index (χ2v) is 7.69. The highest BCUT2D eigenvalue weighted by atomic mass is 32.2. The van der Waals surface area contributed by atoms with Gasteiger partial charge in [-0.25, -0.2) is 8.42 Å². The number of nitriles is 1. The van der Waals surface area contributed by atoms with Crippen molar-refractivity contribution >= 4 is 9.84 Å². The van der Waals surface area contributed by atoms with E-state index in [1.807, 2.05) is 27.7 Å². The van der Waals surface area contributed by atoms with Crippen molar-refractivity contribution in [2.45, 2.75) is 47.0 Å². The van der Waals surface area contributed by atoms with E-state index in [2.05, 4.69) is 6.07 Å². The van der Waals surface area contributed by atoms with Crippen LogP contribution in [0.1, 0.15) is 47.0 Å². The number of hydrogen-bond donors (Lipinski definition) is 0. The third-order valence-corrected chi connectivity index (χ3v) is 4.48. The van der Waals surface area contributed by atoms with Gasteiger partial charge in [-0.1, -0.05) is 20.3 Å². The maximum absolute atomic E-state index is 11.6. The molecule has 0 aromatic carbocycles. The van der Waals surface area contributed by atoms with Gasteiger partial charge in [0.1, 0.15) is 0 Å². The Bertz CT molecular complexity index is 337. The zero-order valence-corrected chi connectivity index (χ0v) is 11.6. The van der Waals surface area contributed by atoms with Crippen LogP contribution in [-0.2, 0) is 9.84 Å². The molecule has 0 radical (unpaired) electrons. The SMILES string of the molecule is CC(C)CS(=O)(=O)CCCCC(C)(C)C#N. The van der Waals surface area contributed by atoms with Crippen LogP contribution in [0.15, 0.2) is 0 Å². The molecule has 4 heteroatoms. The summed E-state index contributed by atoms with van der Waals surface area (Å²) >= 11 is 0. The van der Waals surface area contributed by atoms with Crippen LogP contribution in [0.5, 0.6) is 0 Å². The van der Waals surface area contributed by atoms with Crippen LogP contribution in [0.25, 0.3) is 0 Å². The van der Waals surface area contributed by atoms with Crippen LogP contribution in [0.2, 0.25) is 0 Å². The van der Waals surface area contributed by atoms with Crippen LogP contribution in [0.4, 0.5) is 0 Å². The van der Waals surface area contributed by atoms with Gasteiger partial charge in [-0.3, -0.25) is 0 Å². The molecule has 0 atom stereocenters. The maximum atomic E-state index is 11.6. The van der Waals surface area contributed by atoms with Crippen molar-refractivity contribution in [2.75, 3.05) is 11.5 Å². The first-order valence-electron chi connectivity index (χ1n) is 5.80. The van der Waals surface area contributed by atoms with Crippen molar-refractivity contribution in [2.24, 2.45) is 11.3 Å². The van der Waals surface area contributed by atoms with E-state index in [9.17, 15) is 8.42 Å². The van der Waals surface area contributed by atoms with E-state index in [-0.39, 0.29) is 22.8 Å². The molecule has 0 aliphatic heterocycles. The van der Waals surface area contributed by atoms with Gasteiger partial charge >= 0.3 is 0 Å². The summed E-state index contributed by atoms with van der Waals surface area (Å²) in [6.07, 6.45) is 2.23. The zero-order valence-electron chi connectivity index (χ0n) is 10.8. The number of sulfone groups is 1. The molecule has 0 spiro atoms. The monoisotopic (exact) mass is 245 g/mol. The minimum atomic E-state index is -2.89. The fourth-order valence-corrected chi connectivity index (χ4v) is 3.36. The second kappa shape index (κ2) is 6.24. The smallest absolute Gasteiger partial charge is 0.150 e. The Morgan fingerprint density at radius 2 is 1.81 bits per heavy atom. The molecule has 0 amide bonds. The van der Waals surface area contributed by atoms with Gasteiger partial charge in [0.05, 0.1) is 23.0 Å². The quantitative estimate of drug-likeness (QED) is 0.648. The molecule has 0 rings (SSSR count). The minimum absolute atomic E-state index is 0.195. The largest absolute Gasteiger partial charge is 0.229 e. The molecular weight excluding hydrogens is 222 g/mol. The summed E-state index contributed by atoms with van der Waals surface area (Å²) in [5, 5.41) is 8.80. The highest BCUT2D eigenvalue weighted by molar-refractivity contribution is 7.91. The van der Waals surface area contributed by atoms with Gasteiger partial charge in [-0.2, -0.15) is 5.26 Å². The molecular formula is C12H23NO2S. The van der Waals surface area contributed by atoms with Gasteiger partial charge in [-0.05, 0) is 32.6 Å². The van der Waals surface area contributed by atoms with Gasteiger partial charge in [0.15, 0.2) is 9.84 Å². The normalized spacial score (nSPS) is 12.8. The van der Waals surface area contributed by atoms with Crippen LogP contribution in [-0.4, -0.2) is 19.9 Å². The lowest BCUT2D eigenvalue weighted by atomic mass is 9.89. The minimum Gasteiger partial charge on any atom is -0.229 e. The summed E-state index contributed by atoms with van der Waals surface area (Å²) in [6.45, 7) is 7.60. The van der Waals surface area contributed by atoms with Crippen LogP contribution >= 0.6 is 0 Å². The van der Waals surface area contributed by atoms with Gasteiger partial charge in [0, 0.05) is 0 Å². The van der Waals surface area contributed by atoms with E-state index in [0.29, 0.717) is 6.42 Å². The molecule has 94 valence electrons. The molecule has 3 nitrogen and oxygen atoms in total. The molecule has 0 aromatic heterocycles. The van der Waals surface area contributed by atoms with Gasteiger partial charge in [0.2, 0.25) is 0 Å². The van der Waals surface area contributed by atoms with E-state index in [1.165, 1.54) is 0 Å². The molecule has 0 aliphatic rings. The third kappa shape index (κ3) is 7.70. The predicted molar refractivity (Wildman–Crippen MR) is 66.7 cm³/mol. The first-order valence-corrected chi connectivity index (χ1v) is 7.62.